The van der Waals surface area contributed by atoms with Crippen LogP contribution in [0.15, 0.2) is 23.1 Å². The summed E-state index contributed by atoms with van der Waals surface area (Å²) in [5.74, 6) is -0.504. The minimum atomic E-state index is -3.68. The largest absolute Gasteiger partial charge is 0.395 e. The Morgan fingerprint density at radius 1 is 1.33 bits per heavy atom. The molecule has 0 spiro atoms. The summed E-state index contributed by atoms with van der Waals surface area (Å²) in [7, 11) is -3.68. The molecule has 0 aromatic heterocycles. The number of fused-ring (bicyclic) bond motifs is 1. The molecule has 1 atom stereocenters. The summed E-state index contributed by atoms with van der Waals surface area (Å²) in [4.78, 5) is 12.2. The highest BCUT2D eigenvalue weighted by Gasteiger charge is 2.39. The van der Waals surface area contributed by atoms with Crippen molar-refractivity contribution < 1.29 is 18.3 Å². The first kappa shape index (κ1) is 15.9. The number of hydrogen-bond donors (Lipinski definition) is 3. The van der Waals surface area contributed by atoms with Crippen LogP contribution in [-0.4, -0.2) is 32.6 Å². The molecule has 0 radical (unpaired) electrons. The van der Waals surface area contributed by atoms with E-state index in [0.717, 1.165) is 0 Å². The van der Waals surface area contributed by atoms with E-state index in [2.05, 4.69) is 10.0 Å². The molecule has 6 nitrogen and oxygen atoms in total. The smallest absolute Gasteiger partial charge is 0.240 e. The van der Waals surface area contributed by atoms with Gasteiger partial charge in [-0.1, -0.05) is 20.8 Å². The first-order valence-electron chi connectivity index (χ1n) is 6.72. The fraction of sp³-hybridized carbons (Fsp3) is 0.500. The Labute approximate surface area is 124 Å². The monoisotopic (exact) mass is 312 g/mol. The molecule has 116 valence electrons. The number of anilines is 1. The summed E-state index contributed by atoms with van der Waals surface area (Å²) in [6.45, 7) is 5.51. The van der Waals surface area contributed by atoms with Gasteiger partial charge in [0, 0.05) is 12.2 Å². The Bertz CT molecular complexity index is 662. The first-order valence-corrected chi connectivity index (χ1v) is 8.20. The summed E-state index contributed by atoms with van der Waals surface area (Å²) in [6, 6.07) is 4.58. The van der Waals surface area contributed by atoms with Gasteiger partial charge in [0.15, 0.2) is 0 Å². The van der Waals surface area contributed by atoms with Crippen LogP contribution in [0.1, 0.15) is 32.3 Å². The van der Waals surface area contributed by atoms with Crippen molar-refractivity contribution >= 4 is 21.6 Å². The van der Waals surface area contributed by atoms with Crippen molar-refractivity contribution in [3.05, 3.63) is 23.8 Å². The second-order valence-corrected chi connectivity index (χ2v) is 7.93. The van der Waals surface area contributed by atoms with Gasteiger partial charge in [0.1, 0.15) is 0 Å². The maximum absolute atomic E-state index is 12.1. The summed E-state index contributed by atoms with van der Waals surface area (Å²) < 4.78 is 26.5. The van der Waals surface area contributed by atoms with Gasteiger partial charge in [-0.3, -0.25) is 4.79 Å². The molecule has 1 unspecified atom stereocenters. The quantitative estimate of drug-likeness (QED) is 0.774. The van der Waals surface area contributed by atoms with E-state index in [1.807, 2.05) is 20.8 Å². The zero-order chi connectivity index (χ0) is 15.8. The molecule has 2 rings (SSSR count). The zero-order valence-electron chi connectivity index (χ0n) is 12.3. The van der Waals surface area contributed by atoms with Gasteiger partial charge < -0.3 is 10.4 Å². The van der Waals surface area contributed by atoms with Crippen LogP contribution in [0.4, 0.5) is 5.69 Å². The topological polar surface area (TPSA) is 95.5 Å². The molecular formula is C14H20N2O4S. The van der Waals surface area contributed by atoms with Gasteiger partial charge in [-0.15, -0.1) is 0 Å². The predicted molar refractivity (Wildman–Crippen MR) is 79.5 cm³/mol. The lowest BCUT2D eigenvalue weighted by atomic mass is 9.77. The van der Waals surface area contributed by atoms with E-state index in [4.69, 9.17) is 5.11 Å². The number of amides is 1. The maximum atomic E-state index is 12.1. The highest BCUT2D eigenvalue weighted by Crippen LogP contribution is 2.44. The zero-order valence-corrected chi connectivity index (χ0v) is 13.1. The number of aliphatic hydroxyl groups is 1. The van der Waals surface area contributed by atoms with Crippen molar-refractivity contribution in [2.45, 2.75) is 31.6 Å². The van der Waals surface area contributed by atoms with Crippen molar-refractivity contribution in [1.82, 2.24) is 4.72 Å². The van der Waals surface area contributed by atoms with Crippen LogP contribution in [0.25, 0.3) is 0 Å². The van der Waals surface area contributed by atoms with Crippen LogP contribution in [0.2, 0.25) is 0 Å². The number of rotatable bonds is 4. The minimum absolute atomic E-state index is 0.0424. The molecule has 0 saturated carbocycles. The molecule has 0 bridgehead atoms. The van der Waals surface area contributed by atoms with Gasteiger partial charge >= 0.3 is 0 Å². The molecule has 1 aliphatic rings. The van der Waals surface area contributed by atoms with Crippen molar-refractivity contribution in [2.75, 3.05) is 18.5 Å². The summed E-state index contributed by atoms with van der Waals surface area (Å²) in [6.07, 6.45) is 0. The third kappa shape index (κ3) is 3.09. The van der Waals surface area contributed by atoms with Crippen molar-refractivity contribution in [1.29, 1.82) is 0 Å². The highest BCUT2D eigenvalue weighted by atomic mass is 32.2. The number of carbonyl (C=O) groups is 1. The fourth-order valence-electron chi connectivity index (χ4n) is 2.53. The minimum Gasteiger partial charge on any atom is -0.395 e. The molecule has 3 N–H and O–H groups in total. The lowest BCUT2D eigenvalue weighted by Gasteiger charge is -2.25. The van der Waals surface area contributed by atoms with Gasteiger partial charge in [0.2, 0.25) is 15.9 Å². The molecule has 0 fully saturated rings. The molecule has 0 saturated heterocycles. The molecule has 1 amide bonds. The molecule has 7 heteroatoms. The maximum Gasteiger partial charge on any atom is 0.240 e. The molecule has 1 aliphatic heterocycles. The number of nitrogens with one attached hydrogen (secondary N) is 2. The normalized spacial score (nSPS) is 18.5. The number of carbonyl (C=O) groups excluding carboxylic acids is 1. The van der Waals surface area contributed by atoms with E-state index >= 15 is 0 Å². The van der Waals surface area contributed by atoms with Crippen LogP contribution in [0.5, 0.6) is 0 Å². The van der Waals surface area contributed by atoms with Gasteiger partial charge in [-0.2, -0.15) is 0 Å². The Balaban J connectivity index is 2.45. The van der Waals surface area contributed by atoms with Crippen LogP contribution in [0, 0.1) is 5.41 Å². The number of sulfonamides is 1. The molecular weight excluding hydrogens is 292 g/mol. The average molecular weight is 312 g/mol. The number of hydrogen-bond acceptors (Lipinski definition) is 4. The average Bonchev–Trinajstić information content (AvgIpc) is 2.70. The number of benzene rings is 1. The lowest BCUT2D eigenvalue weighted by molar-refractivity contribution is -0.119. The Kier molecular flexibility index (Phi) is 4.10. The van der Waals surface area contributed by atoms with E-state index < -0.39 is 10.0 Å². The van der Waals surface area contributed by atoms with E-state index in [1.54, 1.807) is 6.07 Å². The third-order valence-electron chi connectivity index (χ3n) is 3.43. The van der Waals surface area contributed by atoms with E-state index in [9.17, 15) is 13.2 Å². The summed E-state index contributed by atoms with van der Waals surface area (Å²) in [5, 5.41) is 11.5. The Morgan fingerprint density at radius 2 is 2.00 bits per heavy atom. The third-order valence-corrected chi connectivity index (χ3v) is 4.89. The van der Waals surface area contributed by atoms with Crippen LogP contribution >= 0.6 is 0 Å². The Hall–Kier alpha value is -1.44. The van der Waals surface area contributed by atoms with E-state index in [1.165, 1.54) is 12.1 Å². The van der Waals surface area contributed by atoms with E-state index in [-0.39, 0.29) is 35.3 Å². The lowest BCUT2D eigenvalue weighted by Crippen LogP contribution is -2.27. The van der Waals surface area contributed by atoms with Crippen LogP contribution < -0.4 is 10.0 Å². The van der Waals surface area contributed by atoms with Gasteiger partial charge in [-0.05, 0) is 29.2 Å². The molecule has 0 aliphatic carbocycles. The van der Waals surface area contributed by atoms with Crippen molar-refractivity contribution in [3.8, 4) is 0 Å². The fourth-order valence-corrected chi connectivity index (χ4v) is 3.59. The Morgan fingerprint density at radius 3 is 2.57 bits per heavy atom. The summed E-state index contributed by atoms with van der Waals surface area (Å²) >= 11 is 0. The van der Waals surface area contributed by atoms with Crippen molar-refractivity contribution in [3.63, 3.8) is 0 Å². The SMILES string of the molecule is CC(C)(C)C1C(=O)Nc2ccc(S(=O)(=O)NCCO)cc21. The second kappa shape index (κ2) is 5.40. The standard InChI is InChI=1S/C14H20N2O4S/c1-14(2,3)12-10-8-9(21(19,20)15-6-7-17)4-5-11(10)16-13(12)18/h4-5,8,12,15,17H,6-7H2,1-3H3,(H,16,18). The van der Waals surface area contributed by atoms with Gasteiger partial charge in [0.05, 0.1) is 17.4 Å². The molecule has 1 aromatic rings. The predicted octanol–water partition coefficient (Wildman–Crippen LogP) is 1.04. The molecule has 1 aromatic carbocycles. The first-order chi connectivity index (χ1) is 9.66. The van der Waals surface area contributed by atoms with Gasteiger partial charge in [0.25, 0.3) is 0 Å². The van der Waals surface area contributed by atoms with Gasteiger partial charge in [-0.25, -0.2) is 13.1 Å². The molecule has 21 heavy (non-hydrogen) atoms. The van der Waals surface area contributed by atoms with Crippen LogP contribution in [0.3, 0.4) is 0 Å². The van der Waals surface area contributed by atoms with Crippen molar-refractivity contribution in [2.24, 2.45) is 5.41 Å². The molecule has 1 heterocycles. The van der Waals surface area contributed by atoms with Crippen LogP contribution in [-0.2, 0) is 14.8 Å². The number of aliphatic hydroxyl groups excluding tert-OH is 1. The van der Waals surface area contributed by atoms with E-state index in [0.29, 0.717) is 11.3 Å². The second-order valence-electron chi connectivity index (χ2n) is 6.16. The summed E-state index contributed by atoms with van der Waals surface area (Å²) in [5.41, 5.74) is 1.04. The highest BCUT2D eigenvalue weighted by molar-refractivity contribution is 7.89.